The highest BCUT2D eigenvalue weighted by Gasteiger charge is 2.21. The zero-order valence-corrected chi connectivity index (χ0v) is 17.5. The average Bonchev–Trinajstić information content (AvgIpc) is 2.74. The normalized spacial score (nSPS) is 11.6. The van der Waals surface area contributed by atoms with Gasteiger partial charge in [-0.3, -0.25) is 0 Å². The van der Waals surface area contributed by atoms with E-state index in [0.717, 1.165) is 23.2 Å². The molecule has 0 unspecified atom stereocenters. The van der Waals surface area contributed by atoms with E-state index in [1.54, 1.807) is 0 Å². The molecule has 0 aliphatic rings. The van der Waals surface area contributed by atoms with Gasteiger partial charge < -0.3 is 0 Å². The Morgan fingerprint density at radius 1 is 0.828 bits per heavy atom. The molecule has 0 radical (unpaired) electrons. The summed E-state index contributed by atoms with van der Waals surface area (Å²) in [6, 6.07) is 21.7. The van der Waals surface area contributed by atoms with Crippen LogP contribution in [-0.2, 0) is 13.5 Å². The van der Waals surface area contributed by atoms with Crippen molar-refractivity contribution in [1.29, 1.82) is 0 Å². The van der Waals surface area contributed by atoms with Crippen LogP contribution in [0.1, 0.15) is 23.6 Å². The minimum atomic E-state index is 1.01. The monoisotopic (exact) mass is 377 g/mol. The van der Waals surface area contributed by atoms with E-state index in [4.69, 9.17) is 4.98 Å². The molecule has 1 aromatic heterocycles. The third-order valence-corrected chi connectivity index (χ3v) is 6.19. The Kier molecular flexibility index (Phi) is 4.09. The van der Waals surface area contributed by atoms with Gasteiger partial charge in [0, 0.05) is 10.9 Å². The molecule has 142 valence electrons. The summed E-state index contributed by atoms with van der Waals surface area (Å²) in [5.74, 6) is 0. The Morgan fingerprint density at radius 2 is 1.59 bits per heavy atom. The van der Waals surface area contributed by atoms with Gasteiger partial charge in [0.25, 0.3) is 0 Å². The minimum Gasteiger partial charge on any atom is -0.234 e. The van der Waals surface area contributed by atoms with Gasteiger partial charge in [0.2, 0.25) is 5.52 Å². The van der Waals surface area contributed by atoms with Gasteiger partial charge in [-0.15, -0.1) is 0 Å². The third kappa shape index (κ3) is 2.63. The van der Waals surface area contributed by atoms with Gasteiger partial charge in [-0.05, 0) is 47.7 Å². The highest BCUT2D eigenvalue weighted by molar-refractivity contribution is 6.24. The summed E-state index contributed by atoms with van der Waals surface area (Å²) in [5, 5.41) is 5.19. The number of aromatic nitrogens is 2. The molecular formula is C27H25N2+. The molecule has 0 saturated heterocycles. The van der Waals surface area contributed by atoms with Crippen LogP contribution in [0.3, 0.4) is 0 Å². The van der Waals surface area contributed by atoms with Crippen LogP contribution in [0.5, 0.6) is 0 Å². The maximum atomic E-state index is 5.24. The molecule has 0 spiro atoms. The molecule has 1 heterocycles. The lowest BCUT2D eigenvalue weighted by molar-refractivity contribution is -0.643. The molecular weight excluding hydrogens is 352 g/mol. The predicted molar refractivity (Wildman–Crippen MR) is 122 cm³/mol. The second kappa shape index (κ2) is 6.66. The van der Waals surface area contributed by atoms with Crippen LogP contribution in [0.15, 0.2) is 66.9 Å². The van der Waals surface area contributed by atoms with Gasteiger partial charge in [0.05, 0.1) is 5.39 Å². The third-order valence-electron chi connectivity index (χ3n) is 6.19. The van der Waals surface area contributed by atoms with E-state index >= 15 is 0 Å². The van der Waals surface area contributed by atoms with Crippen LogP contribution in [-0.4, -0.2) is 4.98 Å². The van der Waals surface area contributed by atoms with E-state index < -0.39 is 0 Å². The van der Waals surface area contributed by atoms with Gasteiger partial charge in [-0.2, -0.15) is 4.57 Å². The molecule has 0 saturated carbocycles. The highest BCUT2D eigenvalue weighted by atomic mass is 15.0. The molecule has 0 bridgehead atoms. The Balaban J connectivity index is 2.07. The Bertz CT molecular complexity index is 1400. The van der Waals surface area contributed by atoms with Crippen molar-refractivity contribution in [3.8, 4) is 11.3 Å². The first-order valence-electron chi connectivity index (χ1n) is 10.3. The standard InChI is InChI=1S/C27H25N2/c1-5-19-14-15-22-21-13-9-10-17(2)24(21)27-26(25(22)18(19)3)28-23(16-29(27)4)20-11-7-6-8-12-20/h6-16H,5H2,1-4H3/q+1. The van der Waals surface area contributed by atoms with Crippen molar-refractivity contribution < 1.29 is 4.57 Å². The zero-order valence-electron chi connectivity index (χ0n) is 17.5. The van der Waals surface area contributed by atoms with E-state index in [9.17, 15) is 0 Å². The smallest absolute Gasteiger partial charge is 0.234 e. The first kappa shape index (κ1) is 17.8. The summed E-state index contributed by atoms with van der Waals surface area (Å²) in [4.78, 5) is 5.24. The fourth-order valence-electron chi connectivity index (χ4n) is 4.71. The first-order chi connectivity index (χ1) is 14.1. The Morgan fingerprint density at radius 3 is 2.34 bits per heavy atom. The van der Waals surface area contributed by atoms with Crippen molar-refractivity contribution in [3.63, 3.8) is 0 Å². The molecule has 29 heavy (non-hydrogen) atoms. The van der Waals surface area contributed by atoms with Crippen LogP contribution in [0.2, 0.25) is 0 Å². The van der Waals surface area contributed by atoms with Crippen LogP contribution < -0.4 is 4.57 Å². The van der Waals surface area contributed by atoms with Crippen LogP contribution >= 0.6 is 0 Å². The number of nitrogens with zero attached hydrogens (tertiary/aromatic N) is 2. The predicted octanol–water partition coefficient (Wildman–Crippen LogP) is 6.21. The van der Waals surface area contributed by atoms with Gasteiger partial charge in [0.15, 0.2) is 6.20 Å². The fourth-order valence-corrected chi connectivity index (χ4v) is 4.71. The molecule has 0 aliphatic heterocycles. The van der Waals surface area contributed by atoms with Gasteiger partial charge in [-0.1, -0.05) is 67.6 Å². The summed E-state index contributed by atoms with van der Waals surface area (Å²) in [5.41, 5.74) is 8.48. The Hall–Kier alpha value is -3.26. The highest BCUT2D eigenvalue weighted by Crippen LogP contribution is 2.37. The molecule has 4 aromatic carbocycles. The molecule has 0 atom stereocenters. The Labute approximate surface area is 171 Å². The maximum Gasteiger partial charge on any atom is 0.239 e. The number of hydrogen-bond acceptors (Lipinski definition) is 1. The van der Waals surface area contributed by atoms with E-state index in [0.29, 0.717) is 0 Å². The lowest BCUT2D eigenvalue weighted by Crippen LogP contribution is -2.30. The summed E-state index contributed by atoms with van der Waals surface area (Å²) in [6.45, 7) is 6.68. The van der Waals surface area contributed by atoms with E-state index in [-0.39, 0.29) is 0 Å². The summed E-state index contributed by atoms with van der Waals surface area (Å²) >= 11 is 0. The van der Waals surface area contributed by atoms with E-state index in [1.165, 1.54) is 43.8 Å². The molecule has 2 heteroatoms. The quantitative estimate of drug-likeness (QED) is 0.264. The SMILES string of the molecule is CCc1ccc2c3cccc(C)c3c3c(nc(-c4ccccc4)c[n+]3C)c2c1C. The minimum absolute atomic E-state index is 1.01. The molecule has 2 nitrogen and oxygen atoms in total. The maximum absolute atomic E-state index is 5.24. The van der Waals surface area contributed by atoms with E-state index in [1.807, 2.05) is 0 Å². The summed E-state index contributed by atoms with van der Waals surface area (Å²) in [6.07, 6.45) is 3.19. The molecule has 5 rings (SSSR count). The second-order valence-corrected chi connectivity index (χ2v) is 7.92. The lowest BCUT2D eigenvalue weighted by Gasteiger charge is -2.14. The van der Waals surface area contributed by atoms with Crippen molar-refractivity contribution in [3.05, 3.63) is 83.6 Å². The molecule has 5 aromatic rings. The zero-order chi connectivity index (χ0) is 20.1. The average molecular weight is 378 g/mol. The van der Waals surface area contributed by atoms with Crippen molar-refractivity contribution in [2.75, 3.05) is 0 Å². The van der Waals surface area contributed by atoms with Crippen molar-refractivity contribution >= 4 is 32.6 Å². The van der Waals surface area contributed by atoms with E-state index in [2.05, 4.69) is 99.2 Å². The number of fused-ring (bicyclic) bond motifs is 6. The van der Waals surface area contributed by atoms with Crippen molar-refractivity contribution in [1.82, 2.24) is 4.98 Å². The lowest BCUT2D eigenvalue weighted by atomic mass is 9.91. The van der Waals surface area contributed by atoms with Crippen molar-refractivity contribution in [2.24, 2.45) is 7.05 Å². The molecule has 0 aliphatic carbocycles. The first-order valence-corrected chi connectivity index (χ1v) is 10.3. The number of aryl methyl sites for hydroxylation is 4. The molecule has 0 fully saturated rings. The topological polar surface area (TPSA) is 16.8 Å². The second-order valence-electron chi connectivity index (χ2n) is 7.92. The van der Waals surface area contributed by atoms with Gasteiger partial charge in [0.1, 0.15) is 18.3 Å². The number of benzene rings is 4. The largest absolute Gasteiger partial charge is 0.239 e. The fraction of sp³-hybridized carbons (Fsp3) is 0.185. The van der Waals surface area contributed by atoms with Gasteiger partial charge in [-0.25, -0.2) is 4.98 Å². The summed E-state index contributed by atoms with van der Waals surface area (Å²) in [7, 11) is 2.15. The number of hydrogen-bond donors (Lipinski definition) is 0. The van der Waals surface area contributed by atoms with Crippen LogP contribution in [0.4, 0.5) is 0 Å². The number of rotatable bonds is 2. The summed E-state index contributed by atoms with van der Waals surface area (Å²) < 4.78 is 2.26. The molecule has 0 N–H and O–H groups in total. The van der Waals surface area contributed by atoms with Crippen molar-refractivity contribution in [2.45, 2.75) is 27.2 Å². The van der Waals surface area contributed by atoms with Crippen LogP contribution in [0.25, 0.3) is 43.8 Å². The molecule has 0 amide bonds. The van der Waals surface area contributed by atoms with Crippen LogP contribution in [0, 0.1) is 13.8 Å². The van der Waals surface area contributed by atoms with Gasteiger partial charge >= 0.3 is 0 Å².